The van der Waals surface area contributed by atoms with Crippen molar-refractivity contribution in [3.8, 4) is 0 Å². The van der Waals surface area contributed by atoms with Crippen LogP contribution in [0.5, 0.6) is 0 Å². The van der Waals surface area contributed by atoms with Crippen molar-refractivity contribution in [2.75, 3.05) is 39.3 Å². The lowest BCUT2D eigenvalue weighted by Gasteiger charge is -2.38. The van der Waals surface area contributed by atoms with E-state index in [0.717, 1.165) is 64.5 Å². The van der Waals surface area contributed by atoms with Crippen LogP contribution in [0.15, 0.2) is 30.3 Å². The number of aromatic nitrogens is 4. The lowest BCUT2D eigenvalue weighted by molar-refractivity contribution is 0.0861. The van der Waals surface area contributed by atoms with Gasteiger partial charge in [0.15, 0.2) is 5.82 Å². The number of nitrogens with zero attached hydrogens (tertiary/aromatic N) is 6. The number of likely N-dealkylation sites (N-methyl/N-ethyl adjacent to an activating group) is 1. The molecule has 0 aliphatic carbocycles. The van der Waals surface area contributed by atoms with Crippen molar-refractivity contribution in [2.45, 2.75) is 38.5 Å². The smallest absolute Gasteiger partial charge is 0.173 e. The minimum atomic E-state index is 0.0895. The molecule has 0 unspecified atom stereocenters. The van der Waals surface area contributed by atoms with Gasteiger partial charge in [-0.15, -0.1) is 5.10 Å². The van der Waals surface area contributed by atoms with Gasteiger partial charge in [-0.05, 0) is 35.4 Å². The molecule has 3 heterocycles. The van der Waals surface area contributed by atoms with Gasteiger partial charge in [0.2, 0.25) is 0 Å². The topological polar surface area (TPSA) is 59.3 Å². The largest absolute Gasteiger partial charge is 0.376 e. The maximum absolute atomic E-state index is 5.80. The summed E-state index contributed by atoms with van der Waals surface area (Å²) < 4.78 is 7.76. The average molecular weight is 356 g/mol. The molecule has 2 atom stereocenters. The van der Waals surface area contributed by atoms with Crippen molar-refractivity contribution in [2.24, 2.45) is 0 Å². The van der Waals surface area contributed by atoms with Gasteiger partial charge in [-0.3, -0.25) is 4.90 Å². The number of hydrogen-bond acceptors (Lipinski definition) is 6. The van der Waals surface area contributed by atoms with Crippen molar-refractivity contribution in [1.29, 1.82) is 0 Å². The van der Waals surface area contributed by atoms with Gasteiger partial charge in [0.1, 0.15) is 0 Å². The highest BCUT2D eigenvalue weighted by Gasteiger charge is 2.31. The summed E-state index contributed by atoms with van der Waals surface area (Å²) in [7, 11) is 0. The molecule has 26 heavy (non-hydrogen) atoms. The molecule has 140 valence electrons. The minimum absolute atomic E-state index is 0.0895. The zero-order chi connectivity index (χ0) is 17.8. The highest BCUT2D eigenvalue weighted by Crippen LogP contribution is 2.28. The molecular weight excluding hydrogens is 328 g/mol. The molecule has 2 aliphatic rings. The fourth-order valence-corrected chi connectivity index (χ4v) is 4.01. The summed E-state index contributed by atoms with van der Waals surface area (Å²) in [6.07, 6.45) is 2.44. The lowest BCUT2D eigenvalue weighted by atomic mass is 10.0. The van der Waals surface area contributed by atoms with Crippen molar-refractivity contribution < 1.29 is 4.74 Å². The van der Waals surface area contributed by atoms with Crippen LogP contribution in [-0.2, 0) is 11.3 Å². The first-order chi connectivity index (χ1) is 12.8. The molecule has 0 bridgehead atoms. The van der Waals surface area contributed by atoms with Crippen LogP contribution < -0.4 is 0 Å². The molecule has 0 spiro atoms. The van der Waals surface area contributed by atoms with E-state index in [1.165, 1.54) is 5.56 Å². The predicted octanol–water partition coefficient (Wildman–Crippen LogP) is 1.58. The Kier molecular flexibility index (Phi) is 5.57. The maximum Gasteiger partial charge on any atom is 0.173 e. The number of benzene rings is 1. The highest BCUT2D eigenvalue weighted by atomic mass is 16.5. The molecule has 0 radical (unpaired) electrons. The third kappa shape index (κ3) is 3.79. The molecule has 1 aromatic carbocycles. The van der Waals surface area contributed by atoms with E-state index in [9.17, 15) is 0 Å². The second-order valence-corrected chi connectivity index (χ2v) is 7.14. The van der Waals surface area contributed by atoms with Crippen molar-refractivity contribution >= 4 is 0 Å². The monoisotopic (exact) mass is 356 g/mol. The van der Waals surface area contributed by atoms with Gasteiger partial charge in [-0.25, -0.2) is 4.68 Å². The number of piperazine rings is 1. The van der Waals surface area contributed by atoms with Gasteiger partial charge in [-0.1, -0.05) is 37.3 Å². The fourth-order valence-electron chi connectivity index (χ4n) is 4.01. The van der Waals surface area contributed by atoms with Crippen molar-refractivity contribution in [3.05, 3.63) is 41.7 Å². The van der Waals surface area contributed by atoms with Crippen LogP contribution in [0.25, 0.3) is 0 Å². The maximum atomic E-state index is 5.80. The molecule has 1 aromatic heterocycles. The number of rotatable bonds is 6. The summed E-state index contributed by atoms with van der Waals surface area (Å²) >= 11 is 0. The average Bonchev–Trinajstić information content (AvgIpc) is 3.37. The molecular formula is C19H28N6O. The van der Waals surface area contributed by atoms with E-state index in [-0.39, 0.29) is 12.1 Å². The second-order valence-electron chi connectivity index (χ2n) is 7.14. The first-order valence-corrected chi connectivity index (χ1v) is 9.74. The van der Waals surface area contributed by atoms with Crippen LogP contribution in [0.2, 0.25) is 0 Å². The van der Waals surface area contributed by atoms with Gasteiger partial charge in [-0.2, -0.15) is 0 Å². The van der Waals surface area contributed by atoms with Crippen LogP contribution >= 0.6 is 0 Å². The minimum Gasteiger partial charge on any atom is -0.376 e. The predicted molar refractivity (Wildman–Crippen MR) is 98.8 cm³/mol. The Morgan fingerprint density at radius 2 is 1.96 bits per heavy atom. The normalized spacial score (nSPS) is 23.3. The van der Waals surface area contributed by atoms with E-state index in [1.807, 2.05) is 4.68 Å². The van der Waals surface area contributed by atoms with Crippen molar-refractivity contribution in [3.63, 3.8) is 0 Å². The third-order valence-corrected chi connectivity index (χ3v) is 5.54. The van der Waals surface area contributed by atoms with E-state index in [1.54, 1.807) is 0 Å². The summed E-state index contributed by atoms with van der Waals surface area (Å²) in [4.78, 5) is 5.01. The van der Waals surface area contributed by atoms with E-state index in [2.05, 4.69) is 62.6 Å². The summed E-state index contributed by atoms with van der Waals surface area (Å²) in [6, 6.07) is 10.7. The highest BCUT2D eigenvalue weighted by molar-refractivity contribution is 5.25. The zero-order valence-electron chi connectivity index (χ0n) is 15.5. The van der Waals surface area contributed by atoms with Gasteiger partial charge in [0.25, 0.3) is 0 Å². The quantitative estimate of drug-likeness (QED) is 0.783. The Labute approximate surface area is 154 Å². The molecule has 2 saturated heterocycles. The Morgan fingerprint density at radius 1 is 1.15 bits per heavy atom. The molecule has 2 fully saturated rings. The molecule has 0 saturated carbocycles. The molecule has 7 nitrogen and oxygen atoms in total. The fraction of sp³-hybridized carbons (Fsp3) is 0.632. The van der Waals surface area contributed by atoms with Crippen molar-refractivity contribution in [1.82, 2.24) is 30.0 Å². The summed E-state index contributed by atoms with van der Waals surface area (Å²) in [5, 5.41) is 12.7. The van der Waals surface area contributed by atoms with E-state index in [4.69, 9.17) is 4.74 Å². The van der Waals surface area contributed by atoms with Gasteiger partial charge >= 0.3 is 0 Å². The van der Waals surface area contributed by atoms with Crippen LogP contribution in [-0.4, -0.2) is 75.4 Å². The van der Waals surface area contributed by atoms with E-state index in [0.29, 0.717) is 0 Å². The van der Waals surface area contributed by atoms with Crippen LogP contribution in [0.3, 0.4) is 0 Å². The Balaban J connectivity index is 1.60. The van der Waals surface area contributed by atoms with Crippen LogP contribution in [0, 0.1) is 0 Å². The zero-order valence-corrected chi connectivity index (χ0v) is 15.5. The first-order valence-electron chi connectivity index (χ1n) is 9.74. The second kappa shape index (κ2) is 8.24. The standard InChI is InChI=1S/C19H28N6O/c1-2-23-10-12-24(13-11-23)18(16-7-4-3-5-8-16)19-20-21-22-25(19)15-17-9-6-14-26-17/h3-5,7-8,17-18H,2,6,9-15H2,1H3/t17-,18+/m0/s1. The number of ether oxygens (including phenoxy) is 1. The molecule has 7 heteroatoms. The number of tetrazole rings is 1. The SMILES string of the molecule is CCN1CCN([C@H](c2ccccc2)c2nnnn2C[C@@H]2CCCO2)CC1. The molecule has 2 aromatic rings. The Hall–Kier alpha value is -1.83. The lowest BCUT2D eigenvalue weighted by Crippen LogP contribution is -2.48. The third-order valence-electron chi connectivity index (χ3n) is 5.54. The van der Waals surface area contributed by atoms with Crippen LogP contribution in [0.4, 0.5) is 0 Å². The Morgan fingerprint density at radius 3 is 2.65 bits per heavy atom. The summed E-state index contributed by atoms with van der Waals surface area (Å²) in [6.45, 7) is 9.16. The van der Waals surface area contributed by atoms with Gasteiger partial charge in [0, 0.05) is 32.8 Å². The summed E-state index contributed by atoms with van der Waals surface area (Å²) in [5.74, 6) is 0.927. The van der Waals surface area contributed by atoms with Gasteiger partial charge < -0.3 is 9.64 Å². The molecule has 2 aliphatic heterocycles. The van der Waals surface area contributed by atoms with E-state index < -0.39 is 0 Å². The van der Waals surface area contributed by atoms with Crippen LogP contribution in [0.1, 0.15) is 37.2 Å². The molecule has 4 rings (SSSR count). The van der Waals surface area contributed by atoms with E-state index >= 15 is 0 Å². The Bertz CT molecular complexity index is 676. The molecule has 0 amide bonds. The number of hydrogen-bond donors (Lipinski definition) is 0. The first kappa shape index (κ1) is 17.6. The molecule has 0 N–H and O–H groups in total. The summed E-state index contributed by atoms with van der Waals surface area (Å²) in [5.41, 5.74) is 1.25. The van der Waals surface area contributed by atoms with Gasteiger partial charge in [0.05, 0.1) is 18.7 Å².